The van der Waals surface area contributed by atoms with Crippen LogP contribution in [-0.2, 0) is 6.54 Å². The highest BCUT2D eigenvalue weighted by atomic mass is 15.3. The van der Waals surface area contributed by atoms with Crippen LogP contribution in [0.15, 0.2) is 18.2 Å². The quantitative estimate of drug-likeness (QED) is 0.834. The molecule has 1 atom stereocenters. The van der Waals surface area contributed by atoms with Crippen molar-refractivity contribution in [2.45, 2.75) is 33.4 Å². The number of rotatable bonds is 1. The molecule has 0 amide bonds. The van der Waals surface area contributed by atoms with Crippen molar-refractivity contribution in [2.75, 3.05) is 6.54 Å². The average molecular weight is 242 g/mol. The molecular weight excluding hydrogens is 224 g/mol. The first-order chi connectivity index (χ1) is 8.66. The first-order valence-electron chi connectivity index (χ1n) is 6.41. The van der Waals surface area contributed by atoms with Crippen LogP contribution in [0.1, 0.15) is 29.9 Å². The highest BCUT2D eigenvalue weighted by molar-refractivity contribution is 5.61. The van der Waals surface area contributed by atoms with Crippen LogP contribution in [0.5, 0.6) is 0 Å². The summed E-state index contributed by atoms with van der Waals surface area (Å²) in [6.45, 7) is 8.29. The van der Waals surface area contributed by atoms with Gasteiger partial charge in [-0.2, -0.15) is 0 Å². The lowest BCUT2D eigenvalue weighted by molar-refractivity contribution is 0.439. The molecule has 2 heterocycles. The van der Waals surface area contributed by atoms with Crippen molar-refractivity contribution in [2.24, 2.45) is 0 Å². The van der Waals surface area contributed by atoms with Crippen molar-refractivity contribution in [1.29, 1.82) is 0 Å². The predicted molar refractivity (Wildman–Crippen MR) is 71.3 cm³/mol. The first kappa shape index (κ1) is 11.4. The predicted octanol–water partition coefficient (Wildman–Crippen LogP) is 2.23. The second-order valence-electron chi connectivity index (χ2n) is 5.03. The molecular formula is C14H18N4. The molecule has 1 aromatic carbocycles. The number of nitrogens with zero attached hydrogens (tertiary/aromatic N) is 3. The summed E-state index contributed by atoms with van der Waals surface area (Å²) < 4.78 is 2.24. The molecule has 0 saturated heterocycles. The number of hydrogen-bond acceptors (Lipinski definition) is 3. The summed E-state index contributed by atoms with van der Waals surface area (Å²) in [5.41, 5.74) is 3.71. The topological polar surface area (TPSA) is 42.7 Å². The summed E-state index contributed by atoms with van der Waals surface area (Å²) in [6, 6.07) is 6.76. The van der Waals surface area contributed by atoms with E-state index < -0.39 is 0 Å². The second-order valence-corrected chi connectivity index (χ2v) is 5.03. The number of benzene rings is 1. The van der Waals surface area contributed by atoms with Crippen molar-refractivity contribution >= 4 is 0 Å². The molecule has 1 unspecified atom stereocenters. The molecule has 1 N–H and O–H groups in total. The Balaban J connectivity index is 2.15. The van der Waals surface area contributed by atoms with E-state index in [1.54, 1.807) is 0 Å². The summed E-state index contributed by atoms with van der Waals surface area (Å²) in [7, 11) is 0. The van der Waals surface area contributed by atoms with E-state index in [9.17, 15) is 0 Å². The van der Waals surface area contributed by atoms with E-state index in [2.05, 4.69) is 59.1 Å². The lowest BCUT2D eigenvalue weighted by Crippen LogP contribution is -2.32. The summed E-state index contributed by atoms with van der Waals surface area (Å²) >= 11 is 0. The van der Waals surface area contributed by atoms with Gasteiger partial charge in [-0.25, -0.2) is 0 Å². The maximum Gasteiger partial charge on any atom is 0.164 e. The largest absolute Gasteiger partial charge is 0.308 e. The number of hydrogen-bond donors (Lipinski definition) is 1. The molecule has 0 fully saturated rings. The summed E-state index contributed by atoms with van der Waals surface area (Å²) in [4.78, 5) is 0. The lowest BCUT2D eigenvalue weighted by Gasteiger charge is -2.22. The van der Waals surface area contributed by atoms with Gasteiger partial charge >= 0.3 is 0 Å². The van der Waals surface area contributed by atoms with Crippen LogP contribution >= 0.6 is 0 Å². The van der Waals surface area contributed by atoms with E-state index >= 15 is 0 Å². The van der Waals surface area contributed by atoms with Gasteiger partial charge in [-0.3, -0.25) is 0 Å². The minimum Gasteiger partial charge on any atom is -0.308 e. The molecule has 0 saturated carbocycles. The monoisotopic (exact) mass is 242 g/mol. The SMILES string of the molecule is Cc1ccc(C)c(-c2nnc3n2CCNC3C)c1. The fourth-order valence-corrected chi connectivity index (χ4v) is 2.52. The van der Waals surface area contributed by atoms with Crippen LogP contribution in [0.25, 0.3) is 11.4 Å². The van der Waals surface area contributed by atoms with E-state index in [0.717, 1.165) is 24.7 Å². The van der Waals surface area contributed by atoms with Crippen LogP contribution < -0.4 is 5.32 Å². The Kier molecular flexibility index (Phi) is 2.67. The highest BCUT2D eigenvalue weighted by Gasteiger charge is 2.22. The van der Waals surface area contributed by atoms with Crippen molar-refractivity contribution in [3.8, 4) is 11.4 Å². The normalized spacial score (nSPS) is 18.7. The first-order valence-corrected chi connectivity index (χ1v) is 6.41. The Morgan fingerprint density at radius 3 is 2.94 bits per heavy atom. The standard InChI is InChI=1S/C14H18N4/c1-9-4-5-10(2)12(8-9)14-17-16-13-11(3)15-6-7-18(13)14/h4-5,8,11,15H,6-7H2,1-3H3. The molecule has 2 aromatic rings. The number of aromatic nitrogens is 3. The van der Waals surface area contributed by atoms with Gasteiger partial charge in [0.1, 0.15) is 5.82 Å². The van der Waals surface area contributed by atoms with Crippen LogP contribution in [0.3, 0.4) is 0 Å². The van der Waals surface area contributed by atoms with Gasteiger partial charge in [-0.05, 0) is 32.4 Å². The van der Waals surface area contributed by atoms with E-state index in [0.29, 0.717) is 0 Å². The molecule has 18 heavy (non-hydrogen) atoms. The molecule has 1 aromatic heterocycles. The summed E-state index contributed by atoms with van der Waals surface area (Å²) in [5.74, 6) is 2.04. The Bertz CT molecular complexity index is 585. The zero-order valence-corrected chi connectivity index (χ0v) is 11.1. The molecule has 1 aliphatic heterocycles. The van der Waals surface area contributed by atoms with Crippen molar-refractivity contribution in [3.05, 3.63) is 35.2 Å². The molecule has 0 spiro atoms. The van der Waals surface area contributed by atoms with Crippen molar-refractivity contribution in [3.63, 3.8) is 0 Å². The molecule has 0 bridgehead atoms. The van der Waals surface area contributed by atoms with Gasteiger partial charge in [0, 0.05) is 18.7 Å². The van der Waals surface area contributed by atoms with Gasteiger partial charge in [0.05, 0.1) is 6.04 Å². The van der Waals surface area contributed by atoms with E-state index in [1.165, 1.54) is 16.7 Å². The third-order valence-corrected chi connectivity index (χ3v) is 3.59. The van der Waals surface area contributed by atoms with Gasteiger partial charge in [-0.1, -0.05) is 17.7 Å². The van der Waals surface area contributed by atoms with E-state index in [4.69, 9.17) is 0 Å². The maximum atomic E-state index is 4.39. The fraction of sp³-hybridized carbons (Fsp3) is 0.429. The second kappa shape index (κ2) is 4.21. The van der Waals surface area contributed by atoms with Gasteiger partial charge in [-0.15, -0.1) is 10.2 Å². The Hall–Kier alpha value is -1.68. The van der Waals surface area contributed by atoms with Gasteiger partial charge in [0.2, 0.25) is 0 Å². The number of nitrogens with one attached hydrogen (secondary N) is 1. The zero-order valence-electron chi connectivity index (χ0n) is 11.1. The minimum atomic E-state index is 0.283. The third kappa shape index (κ3) is 1.73. The van der Waals surface area contributed by atoms with Crippen LogP contribution in [0.4, 0.5) is 0 Å². The molecule has 0 aliphatic carbocycles. The van der Waals surface area contributed by atoms with Crippen LogP contribution in [0, 0.1) is 13.8 Å². The molecule has 94 valence electrons. The number of aryl methyl sites for hydroxylation is 2. The fourth-order valence-electron chi connectivity index (χ4n) is 2.52. The smallest absolute Gasteiger partial charge is 0.164 e. The van der Waals surface area contributed by atoms with E-state index in [-0.39, 0.29) is 6.04 Å². The molecule has 1 aliphatic rings. The molecule has 4 heteroatoms. The summed E-state index contributed by atoms with van der Waals surface area (Å²) in [6.07, 6.45) is 0. The summed E-state index contributed by atoms with van der Waals surface area (Å²) in [5, 5.41) is 12.1. The zero-order chi connectivity index (χ0) is 12.7. The average Bonchev–Trinajstić information content (AvgIpc) is 2.77. The van der Waals surface area contributed by atoms with Crippen molar-refractivity contribution in [1.82, 2.24) is 20.1 Å². The van der Waals surface area contributed by atoms with Gasteiger partial charge in [0.15, 0.2) is 5.82 Å². The van der Waals surface area contributed by atoms with Crippen molar-refractivity contribution < 1.29 is 0 Å². The number of fused-ring (bicyclic) bond motifs is 1. The third-order valence-electron chi connectivity index (χ3n) is 3.59. The van der Waals surface area contributed by atoms with Crippen LogP contribution in [-0.4, -0.2) is 21.3 Å². The molecule has 4 nitrogen and oxygen atoms in total. The minimum absolute atomic E-state index is 0.283. The Morgan fingerprint density at radius 1 is 1.28 bits per heavy atom. The molecule has 0 radical (unpaired) electrons. The highest BCUT2D eigenvalue weighted by Crippen LogP contribution is 2.26. The van der Waals surface area contributed by atoms with E-state index in [1.807, 2.05) is 0 Å². The van der Waals surface area contributed by atoms with Crippen LogP contribution in [0.2, 0.25) is 0 Å². The Labute approximate surface area is 107 Å². The molecule has 3 rings (SSSR count). The van der Waals surface area contributed by atoms with Gasteiger partial charge < -0.3 is 9.88 Å². The lowest BCUT2D eigenvalue weighted by atomic mass is 10.0. The van der Waals surface area contributed by atoms with Gasteiger partial charge in [0.25, 0.3) is 0 Å². The maximum absolute atomic E-state index is 4.39. The Morgan fingerprint density at radius 2 is 2.11 bits per heavy atom.